The zero-order valence-corrected chi connectivity index (χ0v) is 11.6. The van der Waals surface area contributed by atoms with Crippen LogP contribution in [0.4, 0.5) is 0 Å². The highest BCUT2D eigenvalue weighted by molar-refractivity contribution is 6.58. The Morgan fingerprint density at radius 2 is 1.52 bits per heavy atom. The number of carbonyl (C=O) groups is 2. The summed E-state index contributed by atoms with van der Waals surface area (Å²) in [5, 5.41) is 21.3. The van der Waals surface area contributed by atoms with Gasteiger partial charge < -0.3 is 10.0 Å². The maximum atomic E-state index is 12.3. The molecule has 0 aromatic heterocycles. The summed E-state index contributed by atoms with van der Waals surface area (Å²) in [6, 6.07) is 6.64. The highest BCUT2D eigenvalue weighted by Gasteiger charge is 2.45. The Labute approximate surface area is 123 Å². The second kappa shape index (κ2) is 5.50. The fourth-order valence-electron chi connectivity index (χ4n) is 2.92. The summed E-state index contributed by atoms with van der Waals surface area (Å²) in [7, 11) is -1.51. The molecule has 7 heteroatoms. The van der Waals surface area contributed by atoms with Crippen molar-refractivity contribution >= 4 is 24.4 Å². The molecule has 0 aliphatic carbocycles. The number of amides is 2. The minimum atomic E-state index is -1.51. The smallest absolute Gasteiger partial charge is 0.423 e. The van der Waals surface area contributed by atoms with Crippen molar-refractivity contribution in [3.8, 4) is 0 Å². The van der Waals surface area contributed by atoms with Gasteiger partial charge in [-0.15, -0.1) is 0 Å². The van der Waals surface area contributed by atoms with E-state index >= 15 is 0 Å². The largest absolute Gasteiger partial charge is 0.488 e. The van der Waals surface area contributed by atoms with E-state index in [4.69, 9.17) is 10.0 Å². The number of fused-ring (bicyclic) bond motifs is 1. The Balaban J connectivity index is 1.75. The predicted octanol–water partition coefficient (Wildman–Crippen LogP) is -1.10. The molecule has 0 spiro atoms. The predicted molar refractivity (Wildman–Crippen MR) is 76.1 cm³/mol. The Hall–Kier alpha value is -1.86. The van der Waals surface area contributed by atoms with Crippen molar-refractivity contribution in [2.75, 3.05) is 13.1 Å². The van der Waals surface area contributed by atoms with Gasteiger partial charge in [0.25, 0.3) is 11.8 Å². The summed E-state index contributed by atoms with van der Waals surface area (Å²) < 4.78 is 0. The summed E-state index contributed by atoms with van der Waals surface area (Å²) in [5.41, 5.74) is 1.23. The van der Waals surface area contributed by atoms with Crippen LogP contribution >= 0.6 is 0 Å². The average molecular weight is 288 g/mol. The SMILES string of the molecule is O=C1C(Cc2ccc(B(O)O)cc2)C(=O)N2CCCCN12. The summed E-state index contributed by atoms with van der Waals surface area (Å²) >= 11 is 0. The maximum Gasteiger partial charge on any atom is 0.488 e. The van der Waals surface area contributed by atoms with E-state index in [0.717, 1.165) is 18.4 Å². The van der Waals surface area contributed by atoms with Crippen molar-refractivity contribution in [2.45, 2.75) is 19.3 Å². The standard InChI is InChI=1S/C14H17BN2O4/c18-13-12(14(19)17-8-2-1-7-16(13)17)9-10-3-5-11(6-4-10)15(20)21/h3-6,12,20-21H,1-2,7-9H2. The van der Waals surface area contributed by atoms with Crippen LogP contribution in [0.15, 0.2) is 24.3 Å². The van der Waals surface area contributed by atoms with E-state index in [9.17, 15) is 9.59 Å². The lowest BCUT2D eigenvalue weighted by Crippen LogP contribution is -2.45. The van der Waals surface area contributed by atoms with Crippen molar-refractivity contribution in [2.24, 2.45) is 5.92 Å². The molecule has 2 saturated heterocycles. The molecule has 1 aromatic rings. The summed E-state index contributed by atoms with van der Waals surface area (Å²) in [6.45, 7) is 1.24. The second-order valence-corrected chi connectivity index (χ2v) is 5.50. The van der Waals surface area contributed by atoms with E-state index in [1.54, 1.807) is 34.3 Å². The monoisotopic (exact) mass is 288 g/mol. The second-order valence-electron chi connectivity index (χ2n) is 5.50. The normalized spacial score (nSPS) is 19.1. The molecule has 0 bridgehead atoms. The quantitative estimate of drug-likeness (QED) is 0.547. The molecule has 0 saturated carbocycles. The van der Waals surface area contributed by atoms with E-state index in [1.807, 2.05) is 0 Å². The molecule has 6 nitrogen and oxygen atoms in total. The van der Waals surface area contributed by atoms with Crippen molar-refractivity contribution < 1.29 is 19.6 Å². The topological polar surface area (TPSA) is 81.1 Å². The molecule has 2 amide bonds. The number of rotatable bonds is 3. The fraction of sp³-hybridized carbons (Fsp3) is 0.429. The molecule has 2 N–H and O–H groups in total. The van der Waals surface area contributed by atoms with Crippen molar-refractivity contribution in [3.05, 3.63) is 29.8 Å². The molecule has 0 atom stereocenters. The van der Waals surface area contributed by atoms with Crippen molar-refractivity contribution in [3.63, 3.8) is 0 Å². The lowest BCUT2D eigenvalue weighted by molar-refractivity contribution is -0.150. The number of nitrogens with zero attached hydrogens (tertiary/aromatic N) is 2. The van der Waals surface area contributed by atoms with Crippen LogP contribution in [0.5, 0.6) is 0 Å². The van der Waals surface area contributed by atoms with Gasteiger partial charge in [-0.05, 0) is 30.3 Å². The first-order valence-electron chi connectivity index (χ1n) is 7.15. The minimum absolute atomic E-state index is 0.119. The van der Waals surface area contributed by atoms with E-state index in [0.29, 0.717) is 25.0 Å². The third kappa shape index (κ3) is 2.54. The molecule has 21 heavy (non-hydrogen) atoms. The van der Waals surface area contributed by atoms with E-state index in [1.165, 1.54) is 0 Å². The van der Waals surface area contributed by atoms with Gasteiger partial charge in [-0.2, -0.15) is 0 Å². The van der Waals surface area contributed by atoms with Crippen LogP contribution in [0.3, 0.4) is 0 Å². The lowest BCUT2D eigenvalue weighted by atomic mass is 9.80. The van der Waals surface area contributed by atoms with Crippen LogP contribution in [-0.2, 0) is 16.0 Å². The summed E-state index contributed by atoms with van der Waals surface area (Å²) in [4.78, 5) is 24.6. The van der Waals surface area contributed by atoms with Crippen molar-refractivity contribution in [1.82, 2.24) is 10.0 Å². The van der Waals surface area contributed by atoms with Gasteiger partial charge in [0.15, 0.2) is 0 Å². The molecule has 0 unspecified atom stereocenters. The van der Waals surface area contributed by atoms with Gasteiger partial charge in [0.05, 0.1) is 0 Å². The molecular weight excluding hydrogens is 271 g/mol. The van der Waals surface area contributed by atoms with E-state index in [-0.39, 0.29) is 11.8 Å². The number of carbonyl (C=O) groups excluding carboxylic acids is 2. The first-order chi connectivity index (χ1) is 10.1. The van der Waals surface area contributed by atoms with Gasteiger partial charge in [0.2, 0.25) is 0 Å². The van der Waals surface area contributed by atoms with Gasteiger partial charge in [0.1, 0.15) is 5.92 Å². The molecule has 110 valence electrons. The van der Waals surface area contributed by atoms with Crippen LogP contribution in [0.25, 0.3) is 0 Å². The Bertz CT molecular complexity index is 537. The Morgan fingerprint density at radius 3 is 2.00 bits per heavy atom. The Morgan fingerprint density at radius 1 is 1.00 bits per heavy atom. The minimum Gasteiger partial charge on any atom is -0.423 e. The third-order valence-electron chi connectivity index (χ3n) is 4.10. The molecule has 2 aliphatic rings. The molecule has 2 aliphatic heterocycles. The number of hydrazine groups is 1. The first-order valence-corrected chi connectivity index (χ1v) is 7.15. The summed E-state index contributed by atoms with van der Waals surface area (Å²) in [6.07, 6.45) is 2.23. The first kappa shape index (κ1) is 14.1. The van der Waals surface area contributed by atoms with E-state index < -0.39 is 13.0 Å². The van der Waals surface area contributed by atoms with Gasteiger partial charge in [0, 0.05) is 13.1 Å². The van der Waals surface area contributed by atoms with Crippen LogP contribution in [0.1, 0.15) is 18.4 Å². The highest BCUT2D eigenvalue weighted by atomic mass is 16.4. The fourth-order valence-corrected chi connectivity index (χ4v) is 2.92. The molecule has 2 heterocycles. The molecule has 0 radical (unpaired) electrons. The molecule has 2 fully saturated rings. The maximum absolute atomic E-state index is 12.3. The number of hydrogen-bond donors (Lipinski definition) is 2. The lowest BCUT2D eigenvalue weighted by Gasteiger charge is -2.31. The van der Waals surface area contributed by atoms with Crippen LogP contribution < -0.4 is 5.46 Å². The van der Waals surface area contributed by atoms with E-state index in [2.05, 4.69) is 0 Å². The number of hydrogen-bond acceptors (Lipinski definition) is 4. The van der Waals surface area contributed by atoms with Gasteiger partial charge in [-0.1, -0.05) is 24.3 Å². The summed E-state index contributed by atoms with van der Waals surface area (Å²) in [5.74, 6) is -0.884. The molecular formula is C14H17BN2O4. The van der Waals surface area contributed by atoms with Crippen LogP contribution in [0.2, 0.25) is 0 Å². The van der Waals surface area contributed by atoms with Gasteiger partial charge >= 0.3 is 7.12 Å². The van der Waals surface area contributed by atoms with Crippen LogP contribution in [0, 0.1) is 5.92 Å². The molecule has 1 aromatic carbocycles. The zero-order valence-electron chi connectivity index (χ0n) is 11.6. The van der Waals surface area contributed by atoms with Crippen LogP contribution in [-0.4, -0.2) is 52.1 Å². The zero-order chi connectivity index (χ0) is 15.0. The molecule has 3 rings (SSSR count). The Kier molecular flexibility index (Phi) is 3.69. The third-order valence-corrected chi connectivity index (χ3v) is 4.10. The van der Waals surface area contributed by atoms with Gasteiger partial charge in [-0.3, -0.25) is 19.6 Å². The number of benzene rings is 1. The highest BCUT2D eigenvalue weighted by Crippen LogP contribution is 2.26. The van der Waals surface area contributed by atoms with Gasteiger partial charge in [-0.25, -0.2) is 0 Å². The van der Waals surface area contributed by atoms with Crippen molar-refractivity contribution in [1.29, 1.82) is 0 Å². The average Bonchev–Trinajstić information content (AvgIpc) is 2.73.